The highest BCUT2D eigenvalue weighted by Gasteiger charge is 2.27. The number of rotatable bonds is 2. The molecule has 1 aliphatic carbocycles. The van der Waals surface area contributed by atoms with Crippen molar-refractivity contribution in [2.45, 2.75) is 57.9 Å². The summed E-state index contributed by atoms with van der Waals surface area (Å²) in [4.78, 5) is 11.3. The van der Waals surface area contributed by atoms with Crippen molar-refractivity contribution in [2.24, 2.45) is 5.41 Å². The summed E-state index contributed by atoms with van der Waals surface area (Å²) >= 11 is 5.69. The molecule has 2 nitrogen and oxygen atoms in total. The molecular formula is C11H20ClNO. The molecule has 1 saturated carbocycles. The fourth-order valence-electron chi connectivity index (χ4n) is 1.86. The number of nitrogens with one attached hydrogen (secondary N) is 1. The molecule has 0 spiro atoms. The number of carbonyl (C=O) groups is 1. The van der Waals surface area contributed by atoms with Crippen LogP contribution >= 0.6 is 11.6 Å². The van der Waals surface area contributed by atoms with Crippen molar-refractivity contribution in [2.75, 3.05) is 0 Å². The van der Waals surface area contributed by atoms with E-state index in [0.29, 0.717) is 11.5 Å². The Morgan fingerprint density at radius 1 is 1.43 bits per heavy atom. The van der Waals surface area contributed by atoms with Gasteiger partial charge in [-0.2, -0.15) is 0 Å². The van der Waals surface area contributed by atoms with Crippen LogP contribution in [-0.4, -0.2) is 17.3 Å². The highest BCUT2D eigenvalue weighted by molar-refractivity contribution is 6.30. The summed E-state index contributed by atoms with van der Waals surface area (Å²) in [5.74, 6) is -0.0311. The van der Waals surface area contributed by atoms with E-state index >= 15 is 0 Å². The molecule has 1 unspecified atom stereocenters. The molecule has 0 aromatic heterocycles. The van der Waals surface area contributed by atoms with Crippen LogP contribution in [0.15, 0.2) is 0 Å². The van der Waals surface area contributed by atoms with Crippen LogP contribution in [0.2, 0.25) is 0 Å². The predicted molar refractivity (Wildman–Crippen MR) is 59.5 cm³/mol. The number of carbonyl (C=O) groups excluding carboxylic acids is 1. The van der Waals surface area contributed by atoms with Gasteiger partial charge in [-0.1, -0.05) is 13.8 Å². The summed E-state index contributed by atoms with van der Waals surface area (Å²) in [6.07, 6.45) is 4.55. The third-order valence-electron chi connectivity index (χ3n) is 3.05. The van der Waals surface area contributed by atoms with E-state index in [9.17, 15) is 4.79 Å². The maximum Gasteiger partial charge on any atom is 0.237 e. The molecule has 1 amide bonds. The fourth-order valence-corrected chi connectivity index (χ4v) is 1.92. The van der Waals surface area contributed by atoms with E-state index in [4.69, 9.17) is 11.6 Å². The Balaban J connectivity index is 2.33. The zero-order valence-electron chi connectivity index (χ0n) is 9.27. The van der Waals surface area contributed by atoms with Crippen molar-refractivity contribution < 1.29 is 4.79 Å². The third kappa shape index (κ3) is 3.49. The van der Waals surface area contributed by atoms with Crippen molar-refractivity contribution in [3.8, 4) is 0 Å². The number of amides is 1. The normalized spacial score (nSPS) is 24.3. The number of hydrogen-bond acceptors (Lipinski definition) is 1. The van der Waals surface area contributed by atoms with Gasteiger partial charge >= 0.3 is 0 Å². The Morgan fingerprint density at radius 3 is 2.36 bits per heavy atom. The lowest BCUT2D eigenvalue weighted by Gasteiger charge is -2.34. The van der Waals surface area contributed by atoms with Gasteiger partial charge in [0.1, 0.15) is 5.38 Å². The lowest BCUT2D eigenvalue weighted by Crippen LogP contribution is -2.41. The molecule has 0 saturated heterocycles. The lowest BCUT2D eigenvalue weighted by molar-refractivity contribution is -0.121. The van der Waals surface area contributed by atoms with Crippen LogP contribution in [-0.2, 0) is 4.79 Å². The fraction of sp³-hybridized carbons (Fsp3) is 0.909. The van der Waals surface area contributed by atoms with Crippen LogP contribution in [0, 0.1) is 5.41 Å². The molecular weight excluding hydrogens is 198 g/mol. The van der Waals surface area contributed by atoms with Gasteiger partial charge in [-0.05, 0) is 38.0 Å². The van der Waals surface area contributed by atoms with Crippen molar-refractivity contribution in [3.63, 3.8) is 0 Å². The highest BCUT2D eigenvalue weighted by Crippen LogP contribution is 2.34. The van der Waals surface area contributed by atoms with Gasteiger partial charge in [0, 0.05) is 6.04 Å². The summed E-state index contributed by atoms with van der Waals surface area (Å²) in [6.45, 7) is 6.29. The molecule has 1 fully saturated rings. The minimum Gasteiger partial charge on any atom is -0.352 e. The van der Waals surface area contributed by atoms with E-state index in [1.165, 1.54) is 12.8 Å². The van der Waals surface area contributed by atoms with Crippen LogP contribution in [0.25, 0.3) is 0 Å². The second-order valence-electron chi connectivity index (χ2n) is 5.06. The van der Waals surface area contributed by atoms with Gasteiger partial charge in [0.05, 0.1) is 0 Å². The van der Waals surface area contributed by atoms with E-state index in [1.54, 1.807) is 6.92 Å². The Hall–Kier alpha value is -0.240. The zero-order chi connectivity index (χ0) is 10.8. The first-order valence-corrected chi connectivity index (χ1v) is 5.79. The molecule has 1 rings (SSSR count). The van der Waals surface area contributed by atoms with Crippen LogP contribution < -0.4 is 5.32 Å². The van der Waals surface area contributed by atoms with Crippen molar-refractivity contribution >= 4 is 17.5 Å². The molecule has 0 aromatic rings. The van der Waals surface area contributed by atoms with Crippen LogP contribution in [0.3, 0.4) is 0 Å². The first-order valence-electron chi connectivity index (χ1n) is 5.35. The van der Waals surface area contributed by atoms with Gasteiger partial charge in [0.15, 0.2) is 0 Å². The summed E-state index contributed by atoms with van der Waals surface area (Å²) in [5, 5.41) is 2.57. The molecule has 14 heavy (non-hydrogen) atoms. The Morgan fingerprint density at radius 2 is 1.93 bits per heavy atom. The van der Waals surface area contributed by atoms with E-state index in [2.05, 4.69) is 19.2 Å². The second-order valence-corrected chi connectivity index (χ2v) is 5.72. The number of alkyl halides is 1. The van der Waals surface area contributed by atoms with Crippen LogP contribution in [0.5, 0.6) is 0 Å². The first-order chi connectivity index (χ1) is 6.41. The molecule has 1 N–H and O–H groups in total. The van der Waals surface area contributed by atoms with E-state index < -0.39 is 5.38 Å². The third-order valence-corrected chi connectivity index (χ3v) is 3.25. The van der Waals surface area contributed by atoms with Crippen molar-refractivity contribution in [3.05, 3.63) is 0 Å². The molecule has 0 heterocycles. The summed E-state index contributed by atoms with van der Waals surface area (Å²) < 4.78 is 0. The minimum absolute atomic E-state index is 0.0311. The SMILES string of the molecule is CC(Cl)C(=O)NC1CCC(C)(C)CC1. The average Bonchev–Trinajstić information content (AvgIpc) is 2.08. The summed E-state index contributed by atoms with van der Waals surface area (Å²) in [7, 11) is 0. The summed E-state index contributed by atoms with van der Waals surface area (Å²) in [6, 6.07) is 0.344. The second kappa shape index (κ2) is 4.52. The largest absolute Gasteiger partial charge is 0.352 e. The van der Waals surface area contributed by atoms with Crippen molar-refractivity contribution in [1.29, 1.82) is 0 Å². The highest BCUT2D eigenvalue weighted by atomic mass is 35.5. The van der Waals surface area contributed by atoms with Gasteiger partial charge in [-0.3, -0.25) is 4.79 Å². The van der Waals surface area contributed by atoms with Gasteiger partial charge in [-0.25, -0.2) is 0 Å². The smallest absolute Gasteiger partial charge is 0.237 e. The molecule has 0 aromatic carbocycles. The number of halogens is 1. The zero-order valence-corrected chi connectivity index (χ0v) is 10.0. The quantitative estimate of drug-likeness (QED) is 0.709. The van der Waals surface area contributed by atoms with Gasteiger partial charge in [0.25, 0.3) is 0 Å². The van der Waals surface area contributed by atoms with Crippen molar-refractivity contribution in [1.82, 2.24) is 5.32 Å². The lowest BCUT2D eigenvalue weighted by atomic mass is 9.75. The molecule has 1 aliphatic rings. The van der Waals surface area contributed by atoms with Gasteiger partial charge < -0.3 is 5.32 Å². The standard InChI is InChI=1S/C11H20ClNO/c1-8(12)10(14)13-9-4-6-11(2,3)7-5-9/h8-9H,4-7H2,1-3H3,(H,13,14). The van der Waals surface area contributed by atoms with Gasteiger partial charge in [0.2, 0.25) is 5.91 Å². The summed E-state index contributed by atoms with van der Waals surface area (Å²) in [5.41, 5.74) is 0.452. The van der Waals surface area contributed by atoms with Crippen LogP contribution in [0.1, 0.15) is 46.5 Å². The number of hydrogen-bond donors (Lipinski definition) is 1. The molecule has 82 valence electrons. The van der Waals surface area contributed by atoms with E-state index in [0.717, 1.165) is 12.8 Å². The Labute approximate surface area is 91.4 Å². The Kier molecular flexibility index (Phi) is 3.82. The topological polar surface area (TPSA) is 29.1 Å². The molecule has 1 atom stereocenters. The monoisotopic (exact) mass is 217 g/mol. The molecule has 0 radical (unpaired) electrons. The van der Waals surface area contributed by atoms with E-state index in [-0.39, 0.29) is 5.91 Å². The predicted octanol–water partition coefficient (Wildman–Crippen LogP) is 2.70. The Bertz CT molecular complexity index is 203. The molecule has 0 bridgehead atoms. The maximum absolute atomic E-state index is 11.3. The first kappa shape index (κ1) is 11.8. The van der Waals surface area contributed by atoms with Crippen LogP contribution in [0.4, 0.5) is 0 Å². The maximum atomic E-state index is 11.3. The van der Waals surface area contributed by atoms with Gasteiger partial charge in [-0.15, -0.1) is 11.6 Å². The van der Waals surface area contributed by atoms with E-state index in [1.807, 2.05) is 0 Å². The molecule has 0 aliphatic heterocycles. The minimum atomic E-state index is -0.412. The average molecular weight is 218 g/mol. The molecule has 3 heteroatoms.